The summed E-state index contributed by atoms with van der Waals surface area (Å²) < 4.78 is 5.33. The summed E-state index contributed by atoms with van der Waals surface area (Å²) in [5, 5.41) is 0. The van der Waals surface area contributed by atoms with E-state index < -0.39 is 0 Å². The van der Waals surface area contributed by atoms with Crippen LogP contribution in [-0.2, 0) is 11.2 Å². The maximum absolute atomic E-state index is 5.83. The molecule has 1 aromatic carbocycles. The lowest BCUT2D eigenvalue weighted by Crippen LogP contribution is -2.15. The van der Waals surface area contributed by atoms with Crippen LogP contribution in [0.5, 0.6) is 0 Å². The van der Waals surface area contributed by atoms with Crippen LogP contribution in [0.4, 0.5) is 0 Å². The average Bonchev–Trinajstić information content (AvgIpc) is 2.31. The number of hydrogen-bond donors (Lipinski definition) is 0. The lowest BCUT2D eigenvalue weighted by molar-refractivity contribution is 0.130. The predicted molar refractivity (Wildman–Crippen MR) is 65.1 cm³/mol. The predicted octanol–water partition coefficient (Wildman–Crippen LogP) is 2.71. The summed E-state index contributed by atoms with van der Waals surface area (Å²) in [6.45, 7) is 1.93. The van der Waals surface area contributed by atoms with Gasteiger partial charge in [0.2, 0.25) is 0 Å². The van der Waals surface area contributed by atoms with Crippen molar-refractivity contribution in [2.75, 3.05) is 7.11 Å². The molecule has 2 radical (unpaired) electrons. The van der Waals surface area contributed by atoms with Gasteiger partial charge in [0.25, 0.3) is 0 Å². The van der Waals surface area contributed by atoms with E-state index in [2.05, 4.69) is 24.3 Å². The molecule has 0 spiro atoms. The van der Waals surface area contributed by atoms with E-state index in [9.17, 15) is 0 Å². The third kappa shape index (κ3) is 3.92. The minimum absolute atomic E-state index is 0.0372. The zero-order valence-electron chi connectivity index (χ0n) is 9.44. The molecule has 0 bridgehead atoms. The minimum atomic E-state index is 0.0372. The molecule has 2 heteroatoms. The summed E-state index contributed by atoms with van der Waals surface area (Å²) in [7, 11) is 7.53. The Morgan fingerprint density at radius 2 is 2.07 bits per heavy atom. The molecule has 0 aliphatic heterocycles. The normalized spacial score (nSPS) is 13.9. The fraction of sp³-hybridized carbons (Fsp3) is 0.385. The quantitative estimate of drug-likeness (QED) is 0.664. The smallest absolute Gasteiger partial charge is 0.110 e. The zero-order valence-corrected chi connectivity index (χ0v) is 9.44. The number of hydrogen-bond acceptors (Lipinski definition) is 1. The molecule has 1 rings (SSSR count). The minimum Gasteiger partial charge on any atom is -0.378 e. The molecule has 0 saturated heterocycles. The molecule has 1 nitrogen and oxygen atoms in total. The summed E-state index contributed by atoms with van der Waals surface area (Å²) >= 11 is 0. The van der Waals surface area contributed by atoms with Crippen molar-refractivity contribution in [3.8, 4) is 0 Å². The van der Waals surface area contributed by atoms with Gasteiger partial charge >= 0.3 is 0 Å². The number of rotatable bonds is 5. The first-order valence-corrected chi connectivity index (χ1v) is 5.26. The van der Waals surface area contributed by atoms with Gasteiger partial charge < -0.3 is 4.74 Å². The Bertz CT molecular complexity index is 306. The van der Waals surface area contributed by atoms with Crippen LogP contribution in [0.15, 0.2) is 41.9 Å². The number of methoxy groups -OCH3 is 1. The van der Waals surface area contributed by atoms with Gasteiger partial charge in [-0.25, -0.2) is 0 Å². The lowest BCUT2D eigenvalue weighted by Gasteiger charge is -2.16. The number of ether oxygens (including phenoxy) is 1. The van der Waals surface area contributed by atoms with Crippen molar-refractivity contribution < 1.29 is 4.74 Å². The molecule has 78 valence electrons. The van der Waals surface area contributed by atoms with E-state index in [1.165, 1.54) is 5.56 Å². The summed E-state index contributed by atoms with van der Waals surface area (Å²) in [6, 6.07) is 10.4. The number of benzene rings is 1. The third-order valence-electron chi connectivity index (χ3n) is 2.53. The standard InChI is InChI=1S/C13H17BO/c1-3-12(14)13(15-2)10-9-11-7-5-4-6-8-11/h3-8,13H,9-10H2,1-2H3/b12-3-. The number of aryl methyl sites for hydroxylation is 1. The summed E-state index contributed by atoms with van der Waals surface area (Å²) in [4.78, 5) is 0. The van der Waals surface area contributed by atoms with Crippen molar-refractivity contribution in [3.63, 3.8) is 0 Å². The summed E-state index contributed by atoms with van der Waals surface area (Å²) in [5.74, 6) is 0. The summed E-state index contributed by atoms with van der Waals surface area (Å²) in [5.41, 5.74) is 2.14. The Labute approximate surface area is 93.6 Å². The monoisotopic (exact) mass is 200 g/mol. The fourth-order valence-corrected chi connectivity index (χ4v) is 1.55. The topological polar surface area (TPSA) is 9.23 Å². The van der Waals surface area contributed by atoms with Crippen LogP contribution < -0.4 is 0 Å². The molecule has 1 atom stereocenters. The Balaban J connectivity index is 2.48. The molecule has 0 fully saturated rings. The van der Waals surface area contributed by atoms with Crippen molar-refractivity contribution in [2.24, 2.45) is 0 Å². The molecular weight excluding hydrogens is 183 g/mol. The SMILES string of the molecule is [B]/C(=C\C)C(CCc1ccccc1)OC. The first-order chi connectivity index (χ1) is 7.27. The van der Waals surface area contributed by atoms with Crippen LogP contribution >= 0.6 is 0 Å². The Hall–Kier alpha value is -1.02. The van der Waals surface area contributed by atoms with Crippen LogP contribution in [0.2, 0.25) is 0 Å². The van der Waals surface area contributed by atoms with E-state index in [0.717, 1.165) is 18.3 Å². The molecule has 0 aliphatic rings. The molecule has 0 heterocycles. The van der Waals surface area contributed by atoms with Crippen LogP contribution in [-0.4, -0.2) is 21.1 Å². The van der Waals surface area contributed by atoms with Gasteiger partial charge in [0.15, 0.2) is 0 Å². The molecule has 0 amide bonds. The molecule has 0 aromatic heterocycles. The van der Waals surface area contributed by atoms with Crippen LogP contribution in [0.3, 0.4) is 0 Å². The largest absolute Gasteiger partial charge is 0.378 e. The van der Waals surface area contributed by atoms with Gasteiger partial charge in [-0.15, -0.1) is 0 Å². The fourth-order valence-electron chi connectivity index (χ4n) is 1.55. The van der Waals surface area contributed by atoms with E-state index in [1.54, 1.807) is 7.11 Å². The lowest BCUT2D eigenvalue weighted by atomic mass is 9.87. The second kappa shape index (κ2) is 6.47. The Kier molecular flexibility index (Phi) is 5.20. The van der Waals surface area contributed by atoms with E-state index >= 15 is 0 Å². The molecule has 0 saturated carbocycles. The zero-order chi connectivity index (χ0) is 11.1. The molecule has 15 heavy (non-hydrogen) atoms. The Morgan fingerprint density at radius 3 is 2.60 bits per heavy atom. The average molecular weight is 200 g/mol. The van der Waals surface area contributed by atoms with E-state index in [0.29, 0.717) is 0 Å². The maximum atomic E-state index is 5.83. The van der Waals surface area contributed by atoms with E-state index in [1.807, 2.05) is 19.1 Å². The van der Waals surface area contributed by atoms with Gasteiger partial charge in [-0.1, -0.05) is 41.9 Å². The van der Waals surface area contributed by atoms with Gasteiger partial charge in [-0.2, -0.15) is 0 Å². The maximum Gasteiger partial charge on any atom is 0.110 e. The van der Waals surface area contributed by atoms with Crippen molar-refractivity contribution in [1.29, 1.82) is 0 Å². The van der Waals surface area contributed by atoms with E-state index in [4.69, 9.17) is 12.6 Å². The van der Waals surface area contributed by atoms with Crippen molar-refractivity contribution >= 4 is 7.85 Å². The molecule has 0 N–H and O–H groups in total. The van der Waals surface area contributed by atoms with Gasteiger partial charge in [0.1, 0.15) is 7.85 Å². The highest BCUT2D eigenvalue weighted by atomic mass is 16.5. The van der Waals surface area contributed by atoms with Gasteiger partial charge in [0.05, 0.1) is 6.10 Å². The van der Waals surface area contributed by atoms with Crippen LogP contribution in [0.1, 0.15) is 18.9 Å². The summed E-state index contributed by atoms with van der Waals surface area (Å²) in [6.07, 6.45) is 3.86. The highest BCUT2D eigenvalue weighted by molar-refractivity contribution is 6.22. The first kappa shape index (κ1) is 12.1. The van der Waals surface area contributed by atoms with Gasteiger partial charge in [0, 0.05) is 7.11 Å². The highest BCUT2D eigenvalue weighted by Crippen LogP contribution is 2.11. The second-order valence-electron chi connectivity index (χ2n) is 3.54. The molecule has 1 unspecified atom stereocenters. The van der Waals surface area contributed by atoms with Gasteiger partial charge in [-0.3, -0.25) is 0 Å². The van der Waals surface area contributed by atoms with Crippen molar-refractivity contribution in [3.05, 3.63) is 47.4 Å². The van der Waals surface area contributed by atoms with E-state index in [-0.39, 0.29) is 6.10 Å². The van der Waals surface area contributed by atoms with Crippen molar-refractivity contribution in [2.45, 2.75) is 25.9 Å². The Morgan fingerprint density at radius 1 is 1.40 bits per heavy atom. The van der Waals surface area contributed by atoms with Crippen LogP contribution in [0.25, 0.3) is 0 Å². The number of allylic oxidation sites excluding steroid dienone is 1. The third-order valence-corrected chi connectivity index (χ3v) is 2.53. The van der Waals surface area contributed by atoms with Crippen molar-refractivity contribution in [1.82, 2.24) is 0 Å². The first-order valence-electron chi connectivity index (χ1n) is 5.26. The molecular formula is C13H17BO. The molecule has 0 aliphatic carbocycles. The van der Waals surface area contributed by atoms with Crippen LogP contribution in [0, 0.1) is 0 Å². The van der Waals surface area contributed by atoms with Gasteiger partial charge in [-0.05, 0) is 25.3 Å². The highest BCUT2D eigenvalue weighted by Gasteiger charge is 2.07. The molecule has 1 aromatic rings. The second-order valence-corrected chi connectivity index (χ2v) is 3.54.